The van der Waals surface area contributed by atoms with Crippen molar-refractivity contribution in [2.24, 2.45) is 10.8 Å². The molecule has 5 nitrogen and oxygen atoms in total. The van der Waals surface area contributed by atoms with E-state index in [0.717, 1.165) is 0 Å². The predicted molar refractivity (Wildman–Crippen MR) is 67.7 cm³/mol. The van der Waals surface area contributed by atoms with Gasteiger partial charge in [-0.15, -0.1) is 0 Å². The molecule has 0 radical (unpaired) electrons. The Morgan fingerprint density at radius 2 is 2.25 bits per heavy atom. The summed E-state index contributed by atoms with van der Waals surface area (Å²) in [6.45, 7) is 0. The van der Waals surface area contributed by atoms with E-state index in [1.807, 2.05) is 22.6 Å². The van der Waals surface area contributed by atoms with Crippen molar-refractivity contribution in [3.63, 3.8) is 0 Å². The number of hydrogen-bond donors (Lipinski definition) is 3. The Morgan fingerprint density at radius 1 is 1.56 bits per heavy atom. The number of nitrogens with zero attached hydrogens (tertiary/aromatic N) is 2. The fourth-order valence-electron chi connectivity index (χ4n) is 0.884. The lowest BCUT2D eigenvalue weighted by Crippen LogP contribution is -2.21. The van der Waals surface area contributed by atoms with Crippen LogP contribution in [0.25, 0.3) is 0 Å². The second kappa shape index (κ2) is 5.41. The first kappa shape index (κ1) is 12.4. The summed E-state index contributed by atoms with van der Waals surface area (Å²) in [6, 6.07) is 5.86. The van der Waals surface area contributed by atoms with E-state index in [2.05, 4.69) is 10.5 Å². The average molecular weight is 331 g/mol. The maximum absolute atomic E-state index is 13.0. The molecule has 0 bridgehead atoms. The molecular weight excluding hydrogens is 324 g/mol. The van der Waals surface area contributed by atoms with Crippen LogP contribution in [-0.4, -0.2) is 11.5 Å². The summed E-state index contributed by atoms with van der Waals surface area (Å²) in [5.74, 6) is -0.855. The lowest BCUT2D eigenvalue weighted by Gasteiger charge is -2.02. The summed E-state index contributed by atoms with van der Waals surface area (Å²) >= 11 is 1.95. The van der Waals surface area contributed by atoms with Gasteiger partial charge in [0, 0.05) is 3.57 Å². The molecule has 4 N–H and O–H groups in total. The van der Waals surface area contributed by atoms with E-state index < -0.39 is 11.7 Å². The van der Waals surface area contributed by atoms with E-state index in [-0.39, 0.29) is 5.71 Å². The van der Waals surface area contributed by atoms with Crippen LogP contribution in [0.1, 0.15) is 0 Å². The molecule has 1 rings (SSSR count). The summed E-state index contributed by atoms with van der Waals surface area (Å²) in [6.07, 6.45) is 0. The topological polar surface area (TPSA) is 98.0 Å². The molecule has 0 atom stereocenters. The Hall–Kier alpha value is -1.69. The van der Waals surface area contributed by atoms with Crippen molar-refractivity contribution in [1.29, 1.82) is 10.7 Å². The SMILES string of the molecule is N#C/C(=N\Nc1cc(F)cc(I)c1)C(=N)N. The van der Waals surface area contributed by atoms with Crippen molar-refractivity contribution in [2.75, 3.05) is 5.43 Å². The predicted octanol–water partition coefficient (Wildman–Crippen LogP) is 1.66. The number of amidine groups is 1. The third kappa shape index (κ3) is 3.47. The van der Waals surface area contributed by atoms with Gasteiger partial charge in [-0.05, 0) is 40.8 Å². The van der Waals surface area contributed by atoms with Crippen LogP contribution in [0.3, 0.4) is 0 Å². The van der Waals surface area contributed by atoms with E-state index in [0.29, 0.717) is 9.26 Å². The van der Waals surface area contributed by atoms with Gasteiger partial charge in [-0.3, -0.25) is 10.8 Å². The van der Waals surface area contributed by atoms with Crippen molar-refractivity contribution in [1.82, 2.24) is 0 Å². The highest BCUT2D eigenvalue weighted by molar-refractivity contribution is 14.1. The molecule has 0 fully saturated rings. The van der Waals surface area contributed by atoms with Crippen molar-refractivity contribution >= 4 is 39.8 Å². The summed E-state index contributed by atoms with van der Waals surface area (Å²) in [4.78, 5) is 0. The van der Waals surface area contributed by atoms with Gasteiger partial charge in [0.15, 0.2) is 5.84 Å². The van der Waals surface area contributed by atoms with Crippen molar-refractivity contribution < 1.29 is 4.39 Å². The highest BCUT2D eigenvalue weighted by Gasteiger charge is 2.02. The van der Waals surface area contributed by atoms with Crippen molar-refractivity contribution in [2.45, 2.75) is 0 Å². The van der Waals surface area contributed by atoms with E-state index in [4.69, 9.17) is 16.4 Å². The average Bonchev–Trinajstić information content (AvgIpc) is 2.16. The Labute approximate surface area is 105 Å². The fraction of sp³-hybridized carbons (Fsp3) is 0. The zero-order valence-electron chi connectivity index (χ0n) is 7.96. The van der Waals surface area contributed by atoms with Gasteiger partial charge in [0.05, 0.1) is 5.69 Å². The largest absolute Gasteiger partial charge is 0.382 e. The number of nitrogens with two attached hydrogens (primary N) is 1. The van der Waals surface area contributed by atoms with Crippen LogP contribution in [0.15, 0.2) is 23.3 Å². The molecular formula is C9H7FIN5. The molecule has 0 unspecified atom stereocenters. The molecule has 82 valence electrons. The Kier molecular flexibility index (Phi) is 4.19. The van der Waals surface area contributed by atoms with E-state index >= 15 is 0 Å². The number of benzene rings is 1. The van der Waals surface area contributed by atoms with Gasteiger partial charge in [-0.1, -0.05) is 0 Å². The molecule has 0 aliphatic carbocycles. The fourth-order valence-corrected chi connectivity index (χ4v) is 1.52. The molecule has 0 spiro atoms. The van der Waals surface area contributed by atoms with Gasteiger partial charge in [0.25, 0.3) is 0 Å². The molecule has 0 amide bonds. The second-order valence-electron chi connectivity index (χ2n) is 2.76. The monoisotopic (exact) mass is 331 g/mol. The number of hydrazone groups is 1. The van der Waals surface area contributed by atoms with Gasteiger partial charge in [0.1, 0.15) is 11.9 Å². The van der Waals surface area contributed by atoms with Crippen LogP contribution < -0.4 is 11.2 Å². The van der Waals surface area contributed by atoms with Crippen LogP contribution in [0.4, 0.5) is 10.1 Å². The smallest absolute Gasteiger partial charge is 0.201 e. The lowest BCUT2D eigenvalue weighted by atomic mass is 10.3. The maximum Gasteiger partial charge on any atom is 0.201 e. The number of rotatable bonds is 3. The van der Waals surface area contributed by atoms with E-state index in [1.165, 1.54) is 12.1 Å². The second-order valence-corrected chi connectivity index (χ2v) is 4.00. The lowest BCUT2D eigenvalue weighted by molar-refractivity contribution is 0.627. The van der Waals surface area contributed by atoms with Gasteiger partial charge in [0.2, 0.25) is 5.71 Å². The van der Waals surface area contributed by atoms with Crippen molar-refractivity contribution in [3.05, 3.63) is 27.6 Å². The number of hydrogen-bond acceptors (Lipinski definition) is 4. The first-order valence-corrected chi connectivity index (χ1v) is 5.15. The summed E-state index contributed by atoms with van der Waals surface area (Å²) < 4.78 is 13.7. The van der Waals surface area contributed by atoms with Gasteiger partial charge in [-0.2, -0.15) is 10.4 Å². The molecule has 0 heterocycles. The molecule has 1 aromatic carbocycles. The molecule has 0 aliphatic rings. The molecule has 16 heavy (non-hydrogen) atoms. The Morgan fingerprint density at radius 3 is 2.75 bits per heavy atom. The van der Waals surface area contributed by atoms with Gasteiger partial charge in [-0.25, -0.2) is 4.39 Å². The number of anilines is 1. The normalized spacial score (nSPS) is 10.7. The van der Waals surface area contributed by atoms with E-state index in [9.17, 15) is 4.39 Å². The standard InChI is InChI=1S/C9H7FIN5/c10-5-1-6(11)3-7(2-5)15-16-8(4-12)9(13)14/h1-3,15H,(H3,13,14)/b16-8+. The summed E-state index contributed by atoms with van der Waals surface area (Å²) in [5.41, 5.74) is 7.68. The zero-order chi connectivity index (χ0) is 12.1. The highest BCUT2D eigenvalue weighted by atomic mass is 127. The maximum atomic E-state index is 13.0. The quantitative estimate of drug-likeness (QED) is 0.340. The number of nitrogens with one attached hydrogen (secondary N) is 2. The third-order valence-corrected chi connectivity index (χ3v) is 2.14. The summed E-state index contributed by atoms with van der Waals surface area (Å²) in [7, 11) is 0. The molecule has 0 saturated carbocycles. The van der Waals surface area contributed by atoms with Crippen LogP contribution in [0, 0.1) is 26.1 Å². The minimum absolute atomic E-state index is 0.251. The highest BCUT2D eigenvalue weighted by Crippen LogP contribution is 2.15. The van der Waals surface area contributed by atoms with Gasteiger partial charge < -0.3 is 5.73 Å². The molecule has 7 heteroatoms. The number of halogens is 2. The van der Waals surface area contributed by atoms with Crippen LogP contribution in [-0.2, 0) is 0 Å². The molecule has 0 aliphatic heterocycles. The minimum Gasteiger partial charge on any atom is -0.382 e. The van der Waals surface area contributed by atoms with E-state index in [1.54, 1.807) is 12.1 Å². The first-order valence-electron chi connectivity index (χ1n) is 4.07. The van der Waals surface area contributed by atoms with Crippen LogP contribution >= 0.6 is 22.6 Å². The molecule has 0 saturated heterocycles. The molecule has 0 aromatic heterocycles. The summed E-state index contributed by atoms with van der Waals surface area (Å²) in [5, 5.41) is 19.2. The first-order chi connectivity index (χ1) is 7.52. The van der Waals surface area contributed by atoms with Crippen LogP contribution in [0.2, 0.25) is 0 Å². The number of nitriles is 1. The third-order valence-electron chi connectivity index (χ3n) is 1.52. The Bertz CT molecular complexity index is 471. The minimum atomic E-state index is -0.443. The van der Waals surface area contributed by atoms with Crippen molar-refractivity contribution in [3.8, 4) is 6.07 Å². The zero-order valence-corrected chi connectivity index (χ0v) is 10.1. The van der Waals surface area contributed by atoms with Crippen LogP contribution in [0.5, 0.6) is 0 Å². The Balaban J connectivity index is 2.90. The molecule has 1 aromatic rings. The van der Waals surface area contributed by atoms with Gasteiger partial charge >= 0.3 is 0 Å².